The molecule has 114 valence electrons. The van der Waals surface area contributed by atoms with E-state index in [0.717, 1.165) is 0 Å². The molecule has 5 heteroatoms. The van der Waals surface area contributed by atoms with E-state index in [-0.39, 0.29) is 12.1 Å². The number of para-hydroxylation sites is 1. The number of likely N-dealkylation sites (N-methyl/N-ethyl adjacent to an activating group) is 1. The smallest absolute Gasteiger partial charge is 0.314 e. The molecular weight excluding hydrogens is 264 g/mol. The van der Waals surface area contributed by atoms with Gasteiger partial charge in [0.2, 0.25) is 0 Å². The highest BCUT2D eigenvalue weighted by Crippen LogP contribution is 2.28. The van der Waals surface area contributed by atoms with E-state index in [2.05, 4.69) is 51.5 Å². The van der Waals surface area contributed by atoms with E-state index in [1.54, 1.807) is 0 Å². The number of nitrogens with zero attached hydrogens (tertiary/aromatic N) is 2. The molecule has 1 heterocycles. The summed E-state index contributed by atoms with van der Waals surface area (Å²) in [4.78, 5) is 13.8. The van der Waals surface area contributed by atoms with E-state index >= 15 is 0 Å². The number of hydrogen-bond acceptors (Lipinski definition) is 2. The molecule has 0 fully saturated rings. The number of urea groups is 1. The van der Waals surface area contributed by atoms with E-state index in [1.165, 1.54) is 16.5 Å². The number of benzene rings is 1. The SMILES string of the molecule is CCNC(=O)NC[C@H](c1cn(C)c2ccccc12)N(C)C. The van der Waals surface area contributed by atoms with Crippen LogP contribution in [0.3, 0.4) is 0 Å². The Hall–Kier alpha value is -2.01. The minimum absolute atomic E-state index is 0.121. The van der Waals surface area contributed by atoms with Crippen LogP contribution in [0, 0.1) is 0 Å². The molecule has 1 aromatic carbocycles. The number of aryl methyl sites for hydroxylation is 1. The van der Waals surface area contributed by atoms with Gasteiger partial charge in [0.25, 0.3) is 0 Å². The Kier molecular flexibility index (Phi) is 4.85. The second kappa shape index (κ2) is 6.63. The first-order chi connectivity index (χ1) is 10.0. The van der Waals surface area contributed by atoms with Crippen LogP contribution < -0.4 is 10.6 Å². The van der Waals surface area contributed by atoms with Gasteiger partial charge in [0, 0.05) is 37.2 Å². The first-order valence-corrected chi connectivity index (χ1v) is 7.26. The summed E-state index contributed by atoms with van der Waals surface area (Å²) in [5.74, 6) is 0. The average Bonchev–Trinajstić information content (AvgIpc) is 2.77. The van der Waals surface area contributed by atoms with Crippen LogP contribution in [-0.2, 0) is 7.05 Å². The van der Waals surface area contributed by atoms with Crippen molar-refractivity contribution >= 4 is 16.9 Å². The second-order valence-electron chi connectivity index (χ2n) is 5.43. The van der Waals surface area contributed by atoms with Crippen molar-refractivity contribution < 1.29 is 4.79 Å². The summed E-state index contributed by atoms with van der Waals surface area (Å²) in [5.41, 5.74) is 2.44. The maximum Gasteiger partial charge on any atom is 0.314 e. The lowest BCUT2D eigenvalue weighted by molar-refractivity contribution is 0.233. The maximum atomic E-state index is 11.6. The van der Waals surface area contributed by atoms with E-state index < -0.39 is 0 Å². The largest absolute Gasteiger partial charge is 0.350 e. The predicted octanol–water partition coefficient (Wildman–Crippen LogP) is 2.10. The standard InChI is InChI=1S/C16H24N4O/c1-5-17-16(21)18-10-15(19(2)3)13-11-20(4)14-9-7-6-8-12(13)14/h6-9,11,15H,5,10H2,1-4H3,(H2,17,18,21)/t15-/m1/s1. The summed E-state index contributed by atoms with van der Waals surface area (Å²) in [5, 5.41) is 6.93. The highest BCUT2D eigenvalue weighted by Gasteiger charge is 2.19. The lowest BCUT2D eigenvalue weighted by atomic mass is 10.0. The van der Waals surface area contributed by atoms with Crippen LogP contribution >= 0.6 is 0 Å². The topological polar surface area (TPSA) is 49.3 Å². The minimum atomic E-state index is -0.121. The molecule has 5 nitrogen and oxygen atoms in total. The zero-order chi connectivity index (χ0) is 15.4. The molecule has 2 rings (SSSR count). The van der Waals surface area contributed by atoms with Crippen molar-refractivity contribution in [3.05, 3.63) is 36.0 Å². The summed E-state index contributed by atoms with van der Waals surface area (Å²) in [6.07, 6.45) is 2.15. The summed E-state index contributed by atoms with van der Waals surface area (Å²) in [7, 11) is 6.12. The van der Waals surface area contributed by atoms with Gasteiger partial charge in [0.05, 0.1) is 6.04 Å². The molecule has 0 saturated heterocycles. The Bertz CT molecular complexity index is 618. The highest BCUT2D eigenvalue weighted by molar-refractivity contribution is 5.84. The van der Waals surface area contributed by atoms with Crippen LogP contribution in [0.1, 0.15) is 18.5 Å². The van der Waals surface area contributed by atoms with Gasteiger partial charge in [-0.15, -0.1) is 0 Å². The van der Waals surface area contributed by atoms with Crippen molar-refractivity contribution in [3.8, 4) is 0 Å². The van der Waals surface area contributed by atoms with Gasteiger partial charge in [-0.05, 0) is 32.6 Å². The molecule has 0 bridgehead atoms. The zero-order valence-electron chi connectivity index (χ0n) is 13.2. The molecule has 2 amide bonds. The quantitative estimate of drug-likeness (QED) is 0.885. The van der Waals surface area contributed by atoms with Gasteiger partial charge in [0.15, 0.2) is 0 Å². The van der Waals surface area contributed by atoms with Crippen molar-refractivity contribution in [2.75, 3.05) is 27.2 Å². The Morgan fingerprint density at radius 2 is 2.00 bits per heavy atom. The molecule has 21 heavy (non-hydrogen) atoms. The molecule has 2 N–H and O–H groups in total. The third kappa shape index (κ3) is 3.36. The first kappa shape index (κ1) is 15.4. The highest BCUT2D eigenvalue weighted by atomic mass is 16.2. The lowest BCUT2D eigenvalue weighted by Crippen LogP contribution is -2.40. The minimum Gasteiger partial charge on any atom is -0.350 e. The number of aromatic nitrogens is 1. The number of nitrogens with one attached hydrogen (secondary N) is 2. The number of hydrogen-bond donors (Lipinski definition) is 2. The van der Waals surface area contributed by atoms with E-state index in [9.17, 15) is 4.79 Å². The molecule has 0 aliphatic rings. The van der Waals surface area contributed by atoms with Crippen LogP contribution in [0.5, 0.6) is 0 Å². The van der Waals surface area contributed by atoms with Gasteiger partial charge in [-0.2, -0.15) is 0 Å². The fourth-order valence-electron chi connectivity index (χ4n) is 2.62. The normalized spacial score (nSPS) is 12.6. The molecule has 1 aromatic heterocycles. The van der Waals surface area contributed by atoms with Crippen LogP contribution in [0.2, 0.25) is 0 Å². The van der Waals surface area contributed by atoms with Crippen LogP contribution in [0.15, 0.2) is 30.5 Å². The second-order valence-corrected chi connectivity index (χ2v) is 5.43. The van der Waals surface area contributed by atoms with Gasteiger partial charge in [-0.1, -0.05) is 18.2 Å². The number of fused-ring (bicyclic) bond motifs is 1. The van der Waals surface area contributed by atoms with E-state index in [4.69, 9.17) is 0 Å². The van der Waals surface area contributed by atoms with Crippen LogP contribution in [0.4, 0.5) is 4.79 Å². The summed E-state index contributed by atoms with van der Waals surface area (Å²) >= 11 is 0. The molecule has 0 unspecified atom stereocenters. The van der Waals surface area contributed by atoms with Crippen molar-refractivity contribution in [1.82, 2.24) is 20.1 Å². The van der Waals surface area contributed by atoms with Gasteiger partial charge in [0.1, 0.15) is 0 Å². The predicted molar refractivity (Wildman–Crippen MR) is 86.4 cm³/mol. The van der Waals surface area contributed by atoms with E-state index in [1.807, 2.05) is 27.1 Å². The summed E-state index contributed by atoms with van der Waals surface area (Å²) < 4.78 is 2.13. The molecule has 0 saturated carbocycles. The van der Waals surface area contributed by atoms with Crippen LogP contribution in [0.25, 0.3) is 10.9 Å². The maximum absolute atomic E-state index is 11.6. The molecular formula is C16H24N4O. The first-order valence-electron chi connectivity index (χ1n) is 7.26. The molecule has 0 aliphatic heterocycles. The monoisotopic (exact) mass is 288 g/mol. The average molecular weight is 288 g/mol. The molecule has 0 spiro atoms. The number of amides is 2. The van der Waals surface area contributed by atoms with Crippen molar-refractivity contribution in [2.24, 2.45) is 7.05 Å². The molecule has 0 radical (unpaired) electrons. The number of rotatable bonds is 5. The molecule has 2 aromatic rings. The Balaban J connectivity index is 2.26. The third-order valence-electron chi connectivity index (χ3n) is 3.70. The van der Waals surface area contributed by atoms with Gasteiger partial charge in [-0.25, -0.2) is 4.79 Å². The van der Waals surface area contributed by atoms with Crippen molar-refractivity contribution in [3.63, 3.8) is 0 Å². The lowest BCUT2D eigenvalue weighted by Gasteiger charge is -2.24. The molecule has 1 atom stereocenters. The molecule has 0 aliphatic carbocycles. The zero-order valence-corrected chi connectivity index (χ0v) is 13.2. The van der Waals surface area contributed by atoms with Crippen molar-refractivity contribution in [2.45, 2.75) is 13.0 Å². The van der Waals surface area contributed by atoms with Gasteiger partial charge in [-0.3, -0.25) is 0 Å². The Morgan fingerprint density at radius 1 is 1.29 bits per heavy atom. The fraction of sp³-hybridized carbons (Fsp3) is 0.438. The van der Waals surface area contributed by atoms with Gasteiger partial charge >= 0.3 is 6.03 Å². The summed E-state index contributed by atoms with van der Waals surface area (Å²) in [6.45, 7) is 3.12. The Labute approximate surface area is 125 Å². The number of carbonyl (C=O) groups excluding carboxylic acids is 1. The third-order valence-corrected chi connectivity index (χ3v) is 3.70. The van der Waals surface area contributed by atoms with E-state index in [0.29, 0.717) is 13.1 Å². The van der Waals surface area contributed by atoms with Crippen molar-refractivity contribution in [1.29, 1.82) is 0 Å². The van der Waals surface area contributed by atoms with Gasteiger partial charge < -0.3 is 20.1 Å². The number of carbonyl (C=O) groups is 1. The Morgan fingerprint density at radius 3 is 2.67 bits per heavy atom. The fourth-order valence-corrected chi connectivity index (χ4v) is 2.62. The summed E-state index contributed by atoms with van der Waals surface area (Å²) in [6, 6.07) is 8.36. The van der Waals surface area contributed by atoms with Crippen LogP contribution in [-0.4, -0.2) is 42.7 Å².